The molecule has 34 heavy (non-hydrogen) atoms. The van der Waals surface area contributed by atoms with Crippen molar-refractivity contribution < 1.29 is 0 Å². The van der Waals surface area contributed by atoms with Gasteiger partial charge in [0.2, 0.25) is 0 Å². The van der Waals surface area contributed by atoms with Gasteiger partial charge in [0.25, 0.3) is 0 Å². The van der Waals surface area contributed by atoms with Crippen molar-refractivity contribution in [3.63, 3.8) is 0 Å². The lowest BCUT2D eigenvalue weighted by Gasteiger charge is -2.28. The van der Waals surface area contributed by atoms with Crippen molar-refractivity contribution in [1.82, 2.24) is 0 Å². The first-order valence-electron chi connectivity index (χ1n) is 12.5. The summed E-state index contributed by atoms with van der Waals surface area (Å²) in [5.41, 5.74) is 11.3. The van der Waals surface area contributed by atoms with Crippen LogP contribution < -0.4 is 0 Å². The normalized spacial score (nSPS) is 13.4. The number of fused-ring (bicyclic) bond motifs is 2. The Bertz CT molecular complexity index is 1370. The number of aryl methyl sites for hydroxylation is 2. The molecule has 0 saturated carbocycles. The van der Waals surface area contributed by atoms with E-state index < -0.39 is 0 Å². The fourth-order valence-electron chi connectivity index (χ4n) is 5.92. The second kappa shape index (κ2) is 8.76. The molecule has 0 aliphatic carbocycles. The zero-order valence-corrected chi connectivity index (χ0v) is 21.2. The zero-order chi connectivity index (χ0) is 24.0. The minimum absolute atomic E-state index is 0.301. The van der Waals surface area contributed by atoms with E-state index in [0.717, 1.165) is 0 Å². The fourth-order valence-corrected chi connectivity index (χ4v) is 5.92. The van der Waals surface area contributed by atoms with Crippen molar-refractivity contribution in [2.75, 3.05) is 0 Å². The summed E-state index contributed by atoms with van der Waals surface area (Å²) >= 11 is 0. The molecule has 5 aromatic carbocycles. The van der Waals surface area contributed by atoms with Crippen molar-refractivity contribution in [2.45, 2.75) is 53.4 Å². The topological polar surface area (TPSA) is 0 Å². The Morgan fingerprint density at radius 1 is 0.412 bits per heavy atom. The van der Waals surface area contributed by atoms with Crippen LogP contribution in [-0.4, -0.2) is 0 Å². The number of hydrogen-bond acceptors (Lipinski definition) is 0. The van der Waals surface area contributed by atoms with Gasteiger partial charge in [0.15, 0.2) is 0 Å². The van der Waals surface area contributed by atoms with E-state index in [-0.39, 0.29) is 0 Å². The van der Waals surface area contributed by atoms with Crippen LogP contribution >= 0.6 is 0 Å². The third-order valence-electron chi connectivity index (χ3n) is 8.20. The summed E-state index contributed by atoms with van der Waals surface area (Å²) in [7, 11) is 0. The second-order valence-electron chi connectivity index (χ2n) is 9.89. The van der Waals surface area contributed by atoms with Crippen molar-refractivity contribution in [1.29, 1.82) is 0 Å². The first kappa shape index (κ1) is 22.4. The standard InChI is InChI=1S/C34H34/c1-21-22(2)24(4)34-32(26(6)28-17-11-8-12-18-28)30-20-14-13-19-29(30)31(33(34)23(21)3)25(5)27-15-9-7-10-16-27/h7-20,25-26H,1-6H3. The molecule has 0 spiro atoms. The lowest BCUT2D eigenvalue weighted by atomic mass is 9.76. The highest BCUT2D eigenvalue weighted by Gasteiger charge is 2.25. The van der Waals surface area contributed by atoms with Crippen molar-refractivity contribution in [3.8, 4) is 0 Å². The molecule has 0 aliphatic heterocycles. The smallest absolute Gasteiger partial charge is 0.00734 e. The second-order valence-corrected chi connectivity index (χ2v) is 9.89. The maximum atomic E-state index is 2.38. The molecule has 0 amide bonds. The summed E-state index contributed by atoms with van der Waals surface area (Å²) in [6.07, 6.45) is 0. The molecule has 0 N–H and O–H groups in total. The van der Waals surface area contributed by atoms with Crippen LogP contribution in [0.25, 0.3) is 21.5 Å². The number of hydrogen-bond donors (Lipinski definition) is 0. The van der Waals surface area contributed by atoms with E-state index in [1.807, 2.05) is 0 Å². The molecule has 0 nitrogen and oxygen atoms in total. The quantitative estimate of drug-likeness (QED) is 0.243. The Labute approximate surface area is 204 Å². The van der Waals surface area contributed by atoms with Crippen molar-refractivity contribution >= 4 is 21.5 Å². The Hall–Kier alpha value is -3.38. The van der Waals surface area contributed by atoms with Gasteiger partial charge in [-0.2, -0.15) is 0 Å². The molecular weight excluding hydrogens is 408 g/mol. The summed E-state index contributed by atoms with van der Waals surface area (Å²) < 4.78 is 0. The Balaban J connectivity index is 2.00. The van der Waals surface area contributed by atoms with Gasteiger partial charge in [0.05, 0.1) is 0 Å². The molecular formula is C34H34. The summed E-state index contributed by atoms with van der Waals surface area (Å²) in [6, 6.07) is 31.1. The van der Waals surface area contributed by atoms with Crippen LogP contribution in [0.2, 0.25) is 0 Å². The van der Waals surface area contributed by atoms with Crippen LogP contribution in [0.15, 0.2) is 84.9 Å². The van der Waals surface area contributed by atoms with Gasteiger partial charge in [-0.25, -0.2) is 0 Å². The molecule has 0 fully saturated rings. The summed E-state index contributed by atoms with van der Waals surface area (Å²) in [6.45, 7) is 14.0. The molecule has 0 aromatic heterocycles. The highest BCUT2D eigenvalue weighted by molar-refractivity contribution is 6.10. The summed E-state index contributed by atoms with van der Waals surface area (Å²) in [5, 5.41) is 5.67. The van der Waals surface area contributed by atoms with Crippen molar-refractivity contribution in [2.24, 2.45) is 0 Å². The third-order valence-corrected chi connectivity index (χ3v) is 8.20. The van der Waals surface area contributed by atoms with Gasteiger partial charge in [-0.05, 0) is 93.7 Å². The average Bonchev–Trinajstić information content (AvgIpc) is 2.89. The molecule has 0 heterocycles. The maximum absolute atomic E-state index is 2.38. The Morgan fingerprint density at radius 2 is 0.735 bits per heavy atom. The van der Waals surface area contributed by atoms with Gasteiger partial charge in [0.1, 0.15) is 0 Å². The lowest BCUT2D eigenvalue weighted by Crippen LogP contribution is -2.08. The van der Waals surface area contributed by atoms with E-state index in [2.05, 4.69) is 126 Å². The van der Waals surface area contributed by atoms with Gasteiger partial charge < -0.3 is 0 Å². The van der Waals surface area contributed by atoms with Crippen LogP contribution in [0, 0.1) is 27.7 Å². The van der Waals surface area contributed by atoms with Crippen LogP contribution in [0.3, 0.4) is 0 Å². The average molecular weight is 443 g/mol. The number of rotatable bonds is 4. The van der Waals surface area contributed by atoms with Gasteiger partial charge in [-0.15, -0.1) is 0 Å². The van der Waals surface area contributed by atoms with E-state index in [1.54, 1.807) is 0 Å². The monoisotopic (exact) mass is 442 g/mol. The van der Waals surface area contributed by atoms with E-state index in [4.69, 9.17) is 0 Å². The molecule has 5 aromatic rings. The van der Waals surface area contributed by atoms with E-state index in [9.17, 15) is 0 Å². The molecule has 0 bridgehead atoms. The first-order valence-corrected chi connectivity index (χ1v) is 12.5. The third kappa shape index (κ3) is 3.44. The van der Waals surface area contributed by atoms with E-state index in [0.29, 0.717) is 11.8 Å². The predicted molar refractivity (Wildman–Crippen MR) is 148 cm³/mol. The molecule has 2 unspecified atom stereocenters. The predicted octanol–water partition coefficient (Wildman–Crippen LogP) is 9.53. The van der Waals surface area contributed by atoms with Crippen molar-refractivity contribution in [3.05, 3.63) is 129 Å². The number of benzene rings is 5. The first-order chi connectivity index (χ1) is 16.4. The van der Waals surface area contributed by atoms with Gasteiger partial charge in [0, 0.05) is 11.8 Å². The summed E-state index contributed by atoms with van der Waals surface area (Å²) in [4.78, 5) is 0. The van der Waals surface area contributed by atoms with Gasteiger partial charge in [-0.1, -0.05) is 98.8 Å². The van der Waals surface area contributed by atoms with E-state index >= 15 is 0 Å². The largest absolute Gasteiger partial charge is 0.0622 e. The molecule has 0 radical (unpaired) electrons. The fraction of sp³-hybridized carbons (Fsp3) is 0.235. The van der Waals surface area contributed by atoms with Crippen LogP contribution in [0.5, 0.6) is 0 Å². The minimum Gasteiger partial charge on any atom is -0.0622 e. The minimum atomic E-state index is 0.301. The Morgan fingerprint density at radius 3 is 1.09 bits per heavy atom. The zero-order valence-electron chi connectivity index (χ0n) is 21.2. The summed E-state index contributed by atoms with van der Waals surface area (Å²) in [5.74, 6) is 0.602. The Kier molecular flexibility index (Phi) is 5.78. The van der Waals surface area contributed by atoms with E-state index in [1.165, 1.54) is 66.1 Å². The van der Waals surface area contributed by atoms with Gasteiger partial charge >= 0.3 is 0 Å². The molecule has 0 heteroatoms. The van der Waals surface area contributed by atoms with Crippen LogP contribution in [0.1, 0.15) is 70.2 Å². The molecule has 5 rings (SSSR count). The van der Waals surface area contributed by atoms with Crippen LogP contribution in [-0.2, 0) is 0 Å². The highest BCUT2D eigenvalue weighted by Crippen LogP contribution is 2.46. The molecule has 170 valence electrons. The van der Waals surface area contributed by atoms with Crippen LogP contribution in [0.4, 0.5) is 0 Å². The highest BCUT2D eigenvalue weighted by atomic mass is 14.3. The lowest BCUT2D eigenvalue weighted by molar-refractivity contribution is 0.927. The molecule has 0 aliphatic rings. The molecule has 0 saturated heterocycles. The molecule has 2 atom stereocenters. The maximum Gasteiger partial charge on any atom is 0.00734 e. The SMILES string of the molecule is Cc1c(C)c(C)c2c(C(C)c3ccccc3)c3ccccc3c(C(C)c3ccccc3)c2c1C. The van der Waals surface area contributed by atoms with Gasteiger partial charge in [-0.3, -0.25) is 0 Å².